The predicted molar refractivity (Wildman–Crippen MR) is 140 cm³/mol. The Hall–Kier alpha value is -3.69. The van der Waals surface area contributed by atoms with Crippen molar-refractivity contribution in [3.63, 3.8) is 0 Å². The summed E-state index contributed by atoms with van der Waals surface area (Å²) < 4.78 is 32.9. The van der Waals surface area contributed by atoms with Crippen molar-refractivity contribution in [3.8, 4) is 11.1 Å². The predicted octanol–water partition coefficient (Wildman–Crippen LogP) is 4.35. The van der Waals surface area contributed by atoms with Gasteiger partial charge in [-0.3, -0.25) is 0 Å². The van der Waals surface area contributed by atoms with Crippen LogP contribution in [0, 0.1) is 0 Å². The van der Waals surface area contributed by atoms with Crippen molar-refractivity contribution in [2.45, 2.75) is 37.0 Å². The van der Waals surface area contributed by atoms with Crippen LogP contribution in [0.3, 0.4) is 0 Å². The van der Waals surface area contributed by atoms with Gasteiger partial charge in [-0.1, -0.05) is 78.9 Å². The van der Waals surface area contributed by atoms with E-state index in [4.69, 9.17) is 10.5 Å². The van der Waals surface area contributed by atoms with Crippen molar-refractivity contribution >= 4 is 22.1 Å². The summed E-state index contributed by atoms with van der Waals surface area (Å²) >= 11 is 0. The SMILES string of the molecule is NCCCC[C@@H](C(=O)O)N(C(=O)OCC1c2ccccc2-c2ccccc21)S(=O)(=O)Cc1ccccc1. The third-order valence-electron chi connectivity index (χ3n) is 6.51. The molecule has 3 N–H and O–H groups in total. The molecular weight excluding hydrogens is 492 g/mol. The van der Waals surface area contributed by atoms with Crippen LogP contribution >= 0.6 is 0 Å². The second-order valence-corrected chi connectivity index (χ2v) is 10.8. The van der Waals surface area contributed by atoms with Crippen molar-refractivity contribution in [3.05, 3.63) is 95.6 Å². The van der Waals surface area contributed by atoms with E-state index in [-0.39, 0.29) is 18.9 Å². The highest BCUT2D eigenvalue weighted by Crippen LogP contribution is 2.44. The van der Waals surface area contributed by atoms with E-state index < -0.39 is 33.9 Å². The molecule has 0 saturated heterocycles. The first-order chi connectivity index (χ1) is 17.8. The smallest absolute Gasteiger partial charge is 0.424 e. The van der Waals surface area contributed by atoms with Crippen LogP contribution in [0.1, 0.15) is 41.9 Å². The lowest BCUT2D eigenvalue weighted by Gasteiger charge is -2.28. The zero-order chi connectivity index (χ0) is 26.4. The fourth-order valence-corrected chi connectivity index (χ4v) is 6.39. The van der Waals surface area contributed by atoms with Gasteiger partial charge in [0.1, 0.15) is 12.6 Å². The van der Waals surface area contributed by atoms with Gasteiger partial charge in [-0.2, -0.15) is 4.31 Å². The monoisotopic (exact) mass is 522 g/mol. The molecule has 0 unspecified atom stereocenters. The lowest BCUT2D eigenvalue weighted by Crippen LogP contribution is -2.49. The Morgan fingerprint density at radius 3 is 2.03 bits per heavy atom. The largest absolute Gasteiger partial charge is 0.480 e. The van der Waals surface area contributed by atoms with E-state index in [0.717, 1.165) is 22.3 Å². The van der Waals surface area contributed by atoms with Crippen LogP contribution in [0.25, 0.3) is 11.1 Å². The minimum atomic E-state index is -4.38. The minimum absolute atomic E-state index is 0.0647. The summed E-state index contributed by atoms with van der Waals surface area (Å²) in [5, 5.41) is 9.92. The van der Waals surface area contributed by atoms with Gasteiger partial charge in [0.15, 0.2) is 0 Å². The molecule has 8 nitrogen and oxygen atoms in total. The minimum Gasteiger partial charge on any atom is -0.480 e. The van der Waals surface area contributed by atoms with E-state index in [1.165, 1.54) is 0 Å². The number of nitrogens with zero attached hydrogens (tertiary/aromatic N) is 1. The van der Waals surface area contributed by atoms with Crippen LogP contribution in [0.15, 0.2) is 78.9 Å². The summed E-state index contributed by atoms with van der Waals surface area (Å²) in [7, 11) is -4.38. The maximum Gasteiger partial charge on any atom is 0.424 e. The molecular formula is C28H30N2O6S. The summed E-state index contributed by atoms with van der Waals surface area (Å²) in [5.74, 6) is -2.24. The fraction of sp³-hybridized carbons (Fsp3) is 0.286. The molecule has 3 aromatic rings. The number of nitrogens with two attached hydrogens (primary N) is 1. The zero-order valence-corrected chi connectivity index (χ0v) is 21.1. The van der Waals surface area contributed by atoms with Gasteiger partial charge >= 0.3 is 12.1 Å². The van der Waals surface area contributed by atoms with Crippen molar-refractivity contribution in [2.24, 2.45) is 5.73 Å². The zero-order valence-electron chi connectivity index (χ0n) is 20.3. The molecule has 9 heteroatoms. The van der Waals surface area contributed by atoms with Gasteiger partial charge in [-0.25, -0.2) is 18.0 Å². The topological polar surface area (TPSA) is 127 Å². The van der Waals surface area contributed by atoms with Gasteiger partial charge in [0, 0.05) is 5.92 Å². The molecule has 0 fully saturated rings. The van der Waals surface area contributed by atoms with Crippen LogP contribution in [0.4, 0.5) is 4.79 Å². The van der Waals surface area contributed by atoms with E-state index in [2.05, 4.69) is 0 Å². The Bertz CT molecular complexity index is 1310. The van der Waals surface area contributed by atoms with E-state index in [1.807, 2.05) is 48.5 Å². The number of unbranched alkanes of at least 4 members (excludes halogenated alkanes) is 1. The molecule has 37 heavy (non-hydrogen) atoms. The van der Waals surface area contributed by atoms with Gasteiger partial charge in [0.25, 0.3) is 0 Å². The number of hydrogen-bond acceptors (Lipinski definition) is 6. The summed E-state index contributed by atoms with van der Waals surface area (Å²) in [5.41, 5.74) is 9.96. The van der Waals surface area contributed by atoms with Crippen molar-refractivity contribution in [1.29, 1.82) is 0 Å². The molecule has 0 aromatic heterocycles. The number of amides is 1. The van der Waals surface area contributed by atoms with Gasteiger partial charge < -0.3 is 15.6 Å². The first-order valence-corrected chi connectivity index (χ1v) is 13.8. The number of rotatable bonds is 11. The number of aliphatic carboxylic acids is 1. The van der Waals surface area contributed by atoms with Gasteiger partial charge in [0.2, 0.25) is 10.0 Å². The molecule has 0 spiro atoms. The average Bonchev–Trinajstić information content (AvgIpc) is 3.20. The molecule has 194 valence electrons. The molecule has 0 heterocycles. The molecule has 0 aliphatic heterocycles. The average molecular weight is 523 g/mol. The second kappa shape index (κ2) is 11.6. The highest BCUT2D eigenvalue weighted by Gasteiger charge is 2.40. The highest BCUT2D eigenvalue weighted by atomic mass is 32.2. The van der Waals surface area contributed by atoms with E-state index >= 15 is 0 Å². The Balaban J connectivity index is 1.62. The Labute approximate surface area is 216 Å². The highest BCUT2D eigenvalue weighted by molar-refractivity contribution is 7.88. The van der Waals surface area contributed by atoms with Crippen molar-refractivity contribution in [1.82, 2.24) is 4.31 Å². The normalized spacial score (nSPS) is 13.4. The number of fused-ring (bicyclic) bond motifs is 3. The lowest BCUT2D eigenvalue weighted by atomic mass is 9.98. The first kappa shape index (κ1) is 26.4. The number of benzene rings is 3. The molecule has 1 atom stereocenters. The summed E-state index contributed by atoms with van der Waals surface area (Å²) in [6.07, 6.45) is -0.411. The number of sulfonamides is 1. The Morgan fingerprint density at radius 2 is 1.46 bits per heavy atom. The van der Waals surface area contributed by atoms with E-state index in [9.17, 15) is 23.1 Å². The molecule has 0 saturated carbocycles. The second-order valence-electron chi connectivity index (χ2n) is 8.98. The third-order valence-corrected chi connectivity index (χ3v) is 8.21. The van der Waals surface area contributed by atoms with Crippen molar-refractivity contribution in [2.75, 3.05) is 13.2 Å². The summed E-state index contributed by atoms with van der Waals surface area (Å²) in [4.78, 5) is 25.6. The number of carboxylic acids is 1. The maximum absolute atomic E-state index is 13.5. The van der Waals surface area contributed by atoms with Crippen LogP contribution in [0.5, 0.6) is 0 Å². The quantitative estimate of drug-likeness (QED) is 0.359. The van der Waals surface area contributed by atoms with E-state index in [0.29, 0.717) is 29.3 Å². The Kier molecular flexibility index (Phi) is 8.25. The van der Waals surface area contributed by atoms with E-state index in [1.54, 1.807) is 30.3 Å². The number of ether oxygens (including phenoxy) is 1. The third kappa shape index (κ3) is 5.84. The number of hydrogen-bond donors (Lipinski definition) is 2. The lowest BCUT2D eigenvalue weighted by molar-refractivity contribution is -0.141. The summed E-state index contributed by atoms with van der Waals surface area (Å²) in [6.45, 7) is 0.202. The number of carbonyl (C=O) groups is 2. The van der Waals surface area contributed by atoms with Crippen LogP contribution < -0.4 is 5.73 Å². The van der Waals surface area contributed by atoms with Gasteiger partial charge in [-0.05, 0) is 53.6 Å². The molecule has 1 amide bonds. The maximum atomic E-state index is 13.5. The van der Waals surface area contributed by atoms with Crippen LogP contribution in [0.2, 0.25) is 0 Å². The standard InChI is InChI=1S/C28H30N2O6S/c29-17-9-8-16-26(27(31)32)30(37(34,35)19-20-10-2-1-3-11-20)28(33)36-18-25-23-14-6-4-12-21(23)22-13-5-7-15-24(22)25/h1-7,10-15,25-26H,8-9,16-19,29H2,(H,31,32)/t26-/m0/s1. The first-order valence-electron chi connectivity index (χ1n) is 12.2. The molecule has 4 rings (SSSR count). The number of carboxylic acid groups (broad SMARTS) is 1. The molecule has 1 aliphatic carbocycles. The van der Waals surface area contributed by atoms with Gasteiger partial charge in [0.05, 0.1) is 5.75 Å². The molecule has 3 aromatic carbocycles. The van der Waals surface area contributed by atoms with Crippen LogP contribution in [-0.2, 0) is 25.3 Å². The molecule has 1 aliphatic rings. The Morgan fingerprint density at radius 1 is 0.892 bits per heavy atom. The summed E-state index contributed by atoms with van der Waals surface area (Å²) in [6, 6.07) is 22.3. The molecule has 0 radical (unpaired) electrons. The van der Waals surface area contributed by atoms with Crippen LogP contribution in [-0.4, -0.2) is 49.1 Å². The number of carbonyl (C=O) groups excluding carboxylic acids is 1. The van der Waals surface area contributed by atoms with Crippen molar-refractivity contribution < 1.29 is 27.9 Å². The van der Waals surface area contributed by atoms with Gasteiger partial charge in [-0.15, -0.1) is 0 Å². The fourth-order valence-electron chi connectivity index (χ4n) is 4.77. The molecule has 0 bridgehead atoms.